The summed E-state index contributed by atoms with van der Waals surface area (Å²) in [7, 11) is 0. The second-order valence-corrected chi connectivity index (χ2v) is 4.18. The van der Waals surface area contributed by atoms with Gasteiger partial charge < -0.3 is 4.74 Å². The summed E-state index contributed by atoms with van der Waals surface area (Å²) in [4.78, 5) is 11.7. The molecule has 0 amide bonds. The minimum Gasteiger partial charge on any atom is -0.462 e. The molecule has 0 fully saturated rings. The van der Waals surface area contributed by atoms with Gasteiger partial charge in [-0.25, -0.2) is 9.48 Å². The lowest BCUT2D eigenvalue weighted by Crippen LogP contribution is -2.07. The van der Waals surface area contributed by atoms with Gasteiger partial charge in [-0.3, -0.25) is 0 Å². The Bertz CT molecular complexity index is 573. The van der Waals surface area contributed by atoms with Crippen LogP contribution in [0.5, 0.6) is 0 Å². The van der Waals surface area contributed by atoms with Crippen molar-refractivity contribution in [1.82, 2.24) is 9.78 Å². The lowest BCUT2D eigenvalue weighted by atomic mass is 10.1. The smallest absolute Gasteiger partial charge is 0.338 e. The van der Waals surface area contributed by atoms with Crippen molar-refractivity contribution in [2.24, 2.45) is 0 Å². The van der Waals surface area contributed by atoms with Crippen LogP contribution in [-0.2, 0) is 4.74 Å². The van der Waals surface area contributed by atoms with Crippen LogP contribution in [0.25, 0.3) is 5.69 Å². The molecule has 94 valence electrons. The summed E-state index contributed by atoms with van der Waals surface area (Å²) >= 11 is 0. The van der Waals surface area contributed by atoms with Gasteiger partial charge >= 0.3 is 5.97 Å². The number of aromatic nitrogens is 2. The van der Waals surface area contributed by atoms with Crippen LogP contribution in [0.3, 0.4) is 0 Å². The van der Waals surface area contributed by atoms with E-state index < -0.39 is 0 Å². The normalized spacial score (nSPS) is 10.4. The van der Waals surface area contributed by atoms with E-state index in [2.05, 4.69) is 5.10 Å². The minimum absolute atomic E-state index is 0.303. The Balaban J connectivity index is 2.41. The highest BCUT2D eigenvalue weighted by Gasteiger charge is 2.10. The summed E-state index contributed by atoms with van der Waals surface area (Å²) in [5.74, 6) is -0.303. The molecule has 1 aromatic carbocycles. The summed E-state index contributed by atoms with van der Waals surface area (Å²) in [5.41, 5.74) is 3.58. The summed E-state index contributed by atoms with van der Waals surface area (Å²) < 4.78 is 6.77. The fraction of sp³-hybridized carbons (Fsp3) is 0.286. The molecule has 0 aliphatic carbocycles. The zero-order valence-electron chi connectivity index (χ0n) is 10.8. The number of nitrogens with zero attached hydrogens (tertiary/aromatic N) is 2. The largest absolute Gasteiger partial charge is 0.462 e. The SMILES string of the molecule is CCOC(=O)c1ccc(C)c(-n2cc(C)cn2)c1. The lowest BCUT2D eigenvalue weighted by molar-refractivity contribution is 0.0526. The molecule has 2 rings (SSSR count). The van der Waals surface area contributed by atoms with Gasteiger partial charge in [0.2, 0.25) is 0 Å². The molecule has 0 bridgehead atoms. The molecular weight excluding hydrogens is 228 g/mol. The maximum atomic E-state index is 11.7. The van der Waals surface area contributed by atoms with Gasteiger partial charge in [-0.15, -0.1) is 0 Å². The van der Waals surface area contributed by atoms with Gasteiger partial charge in [0, 0.05) is 6.20 Å². The molecule has 0 radical (unpaired) electrons. The van der Waals surface area contributed by atoms with Crippen LogP contribution >= 0.6 is 0 Å². The zero-order valence-corrected chi connectivity index (χ0v) is 10.8. The Hall–Kier alpha value is -2.10. The molecule has 0 atom stereocenters. The molecule has 4 nitrogen and oxygen atoms in total. The topological polar surface area (TPSA) is 44.1 Å². The fourth-order valence-corrected chi connectivity index (χ4v) is 1.74. The summed E-state index contributed by atoms with van der Waals surface area (Å²) in [6.45, 7) is 6.14. The van der Waals surface area contributed by atoms with E-state index in [4.69, 9.17) is 4.74 Å². The molecule has 0 N–H and O–H groups in total. The number of hydrogen-bond acceptors (Lipinski definition) is 3. The highest BCUT2D eigenvalue weighted by atomic mass is 16.5. The molecule has 4 heteroatoms. The number of hydrogen-bond donors (Lipinski definition) is 0. The van der Waals surface area contributed by atoms with E-state index >= 15 is 0 Å². The molecule has 2 aromatic rings. The van der Waals surface area contributed by atoms with E-state index in [9.17, 15) is 4.79 Å². The van der Waals surface area contributed by atoms with Crippen molar-refractivity contribution >= 4 is 5.97 Å². The average molecular weight is 244 g/mol. The molecule has 1 heterocycles. The van der Waals surface area contributed by atoms with Crippen LogP contribution < -0.4 is 0 Å². The molecule has 18 heavy (non-hydrogen) atoms. The summed E-state index contributed by atoms with van der Waals surface area (Å²) in [6.07, 6.45) is 3.72. The van der Waals surface area contributed by atoms with Gasteiger partial charge in [0.05, 0.1) is 24.1 Å². The first kappa shape index (κ1) is 12.4. The quantitative estimate of drug-likeness (QED) is 0.780. The van der Waals surface area contributed by atoms with Crippen molar-refractivity contribution in [2.45, 2.75) is 20.8 Å². The Labute approximate surface area is 106 Å². The first-order valence-corrected chi connectivity index (χ1v) is 5.91. The van der Waals surface area contributed by atoms with E-state index in [1.54, 1.807) is 29.9 Å². The van der Waals surface area contributed by atoms with E-state index in [1.165, 1.54) is 0 Å². The van der Waals surface area contributed by atoms with Gasteiger partial charge in [0.15, 0.2) is 0 Å². The van der Waals surface area contributed by atoms with E-state index in [0.717, 1.165) is 16.8 Å². The van der Waals surface area contributed by atoms with Crippen LogP contribution in [0.4, 0.5) is 0 Å². The van der Waals surface area contributed by atoms with Gasteiger partial charge in [-0.2, -0.15) is 5.10 Å². The van der Waals surface area contributed by atoms with Crippen molar-refractivity contribution in [3.63, 3.8) is 0 Å². The predicted octanol–water partition coefficient (Wildman–Crippen LogP) is 2.67. The Morgan fingerprint density at radius 3 is 2.78 bits per heavy atom. The van der Waals surface area contributed by atoms with E-state index in [-0.39, 0.29) is 5.97 Å². The van der Waals surface area contributed by atoms with Crippen molar-refractivity contribution in [3.05, 3.63) is 47.3 Å². The number of benzene rings is 1. The molecule has 1 aromatic heterocycles. The monoisotopic (exact) mass is 244 g/mol. The van der Waals surface area contributed by atoms with Gasteiger partial charge in [0.1, 0.15) is 0 Å². The molecular formula is C14H16N2O2. The van der Waals surface area contributed by atoms with E-state index in [0.29, 0.717) is 12.2 Å². The standard InChI is InChI=1S/C14H16N2O2/c1-4-18-14(17)12-6-5-11(3)13(7-12)16-9-10(2)8-15-16/h5-9H,4H2,1-3H3. The Morgan fingerprint density at radius 1 is 1.39 bits per heavy atom. The van der Waals surface area contributed by atoms with Crippen molar-refractivity contribution in [1.29, 1.82) is 0 Å². The summed E-state index contributed by atoms with van der Waals surface area (Å²) in [6, 6.07) is 5.48. The van der Waals surface area contributed by atoms with Gasteiger partial charge in [-0.1, -0.05) is 6.07 Å². The minimum atomic E-state index is -0.303. The van der Waals surface area contributed by atoms with Gasteiger partial charge in [-0.05, 0) is 44.0 Å². The third-order valence-electron chi connectivity index (χ3n) is 2.68. The first-order chi connectivity index (χ1) is 8.61. The second-order valence-electron chi connectivity index (χ2n) is 4.18. The molecule has 0 aliphatic rings. The Kier molecular flexibility index (Phi) is 3.46. The molecule has 0 aliphatic heterocycles. The molecule has 0 saturated carbocycles. The number of carbonyl (C=O) groups is 1. The number of esters is 1. The highest BCUT2D eigenvalue weighted by molar-refractivity contribution is 5.90. The van der Waals surface area contributed by atoms with Gasteiger partial charge in [0.25, 0.3) is 0 Å². The zero-order chi connectivity index (χ0) is 13.1. The molecule has 0 spiro atoms. The lowest BCUT2D eigenvalue weighted by Gasteiger charge is -2.08. The average Bonchev–Trinajstić information content (AvgIpc) is 2.76. The second kappa shape index (κ2) is 5.04. The number of ether oxygens (including phenoxy) is 1. The number of carbonyl (C=O) groups excluding carboxylic acids is 1. The molecule has 0 saturated heterocycles. The maximum absolute atomic E-state index is 11.7. The predicted molar refractivity (Wildman–Crippen MR) is 69.0 cm³/mol. The van der Waals surface area contributed by atoms with E-state index in [1.807, 2.05) is 26.1 Å². The van der Waals surface area contributed by atoms with Crippen molar-refractivity contribution in [3.8, 4) is 5.69 Å². The van der Waals surface area contributed by atoms with Crippen LogP contribution in [0, 0.1) is 13.8 Å². The van der Waals surface area contributed by atoms with Crippen LogP contribution in [0.15, 0.2) is 30.6 Å². The molecule has 0 unspecified atom stereocenters. The van der Waals surface area contributed by atoms with Crippen molar-refractivity contribution in [2.75, 3.05) is 6.61 Å². The van der Waals surface area contributed by atoms with Crippen LogP contribution in [-0.4, -0.2) is 22.4 Å². The maximum Gasteiger partial charge on any atom is 0.338 e. The number of aryl methyl sites for hydroxylation is 2. The van der Waals surface area contributed by atoms with Crippen LogP contribution in [0.1, 0.15) is 28.4 Å². The van der Waals surface area contributed by atoms with Crippen molar-refractivity contribution < 1.29 is 9.53 Å². The third-order valence-corrected chi connectivity index (χ3v) is 2.68. The number of rotatable bonds is 3. The fourth-order valence-electron chi connectivity index (χ4n) is 1.74. The third kappa shape index (κ3) is 2.42. The highest BCUT2D eigenvalue weighted by Crippen LogP contribution is 2.16. The Morgan fingerprint density at radius 2 is 2.17 bits per heavy atom. The summed E-state index contributed by atoms with van der Waals surface area (Å²) in [5, 5.41) is 4.26. The first-order valence-electron chi connectivity index (χ1n) is 5.91. The van der Waals surface area contributed by atoms with Crippen LogP contribution in [0.2, 0.25) is 0 Å².